The van der Waals surface area contributed by atoms with Crippen LogP contribution in [0, 0.1) is 0 Å². The molecule has 1 aliphatic rings. The van der Waals surface area contributed by atoms with Crippen molar-refractivity contribution in [1.29, 1.82) is 0 Å². The first kappa shape index (κ1) is 19.7. The van der Waals surface area contributed by atoms with Crippen molar-refractivity contribution >= 4 is 37.3 Å². The van der Waals surface area contributed by atoms with Gasteiger partial charge in [-0.05, 0) is 35.9 Å². The zero-order valence-corrected chi connectivity index (χ0v) is 17.9. The summed E-state index contributed by atoms with van der Waals surface area (Å²) in [5.74, 6) is 1.08. The van der Waals surface area contributed by atoms with Crippen molar-refractivity contribution in [3.8, 4) is 11.5 Å². The Morgan fingerprint density at radius 1 is 0.935 bits per heavy atom. The Balaban J connectivity index is 1.45. The van der Waals surface area contributed by atoms with Crippen LogP contribution in [0.15, 0.2) is 76.4 Å². The Bertz CT molecular complexity index is 1430. The number of hydrogen-bond acceptors (Lipinski definition) is 6. The predicted octanol–water partition coefficient (Wildman–Crippen LogP) is 3.68. The SMILES string of the molecule is O=c1sc2cc(S(=O)(=O)Nc3ccc4c(c3)OCCO4)ccc2n1Cc1ccccc1. The summed E-state index contributed by atoms with van der Waals surface area (Å²) >= 11 is 1.03. The molecule has 31 heavy (non-hydrogen) atoms. The fourth-order valence-corrected chi connectivity index (χ4v) is 5.53. The second-order valence-corrected chi connectivity index (χ2v) is 9.71. The first-order chi connectivity index (χ1) is 15.0. The Labute approximate surface area is 182 Å². The Hall–Kier alpha value is -3.30. The van der Waals surface area contributed by atoms with E-state index in [0.29, 0.717) is 47.2 Å². The van der Waals surface area contributed by atoms with E-state index in [9.17, 15) is 13.2 Å². The van der Waals surface area contributed by atoms with Crippen molar-refractivity contribution in [2.75, 3.05) is 17.9 Å². The maximum atomic E-state index is 12.9. The van der Waals surface area contributed by atoms with Gasteiger partial charge in [-0.15, -0.1) is 0 Å². The second-order valence-electron chi connectivity index (χ2n) is 7.03. The number of aromatic nitrogens is 1. The van der Waals surface area contributed by atoms with Gasteiger partial charge in [-0.25, -0.2) is 8.42 Å². The highest BCUT2D eigenvalue weighted by Crippen LogP contribution is 2.33. The maximum Gasteiger partial charge on any atom is 0.308 e. The summed E-state index contributed by atoms with van der Waals surface area (Å²) in [6, 6.07) is 19.3. The van der Waals surface area contributed by atoms with E-state index in [1.807, 2.05) is 30.3 Å². The van der Waals surface area contributed by atoms with Crippen molar-refractivity contribution < 1.29 is 17.9 Å². The zero-order valence-electron chi connectivity index (χ0n) is 16.3. The van der Waals surface area contributed by atoms with Gasteiger partial charge in [0, 0.05) is 6.07 Å². The van der Waals surface area contributed by atoms with Gasteiger partial charge in [0.05, 0.1) is 27.3 Å². The van der Waals surface area contributed by atoms with Crippen LogP contribution in [0.5, 0.6) is 11.5 Å². The molecule has 0 atom stereocenters. The van der Waals surface area contributed by atoms with Crippen LogP contribution in [0.4, 0.5) is 5.69 Å². The minimum Gasteiger partial charge on any atom is -0.486 e. The van der Waals surface area contributed by atoms with E-state index in [0.717, 1.165) is 16.9 Å². The highest BCUT2D eigenvalue weighted by molar-refractivity contribution is 7.92. The van der Waals surface area contributed by atoms with Crippen LogP contribution in [-0.2, 0) is 16.6 Å². The number of rotatable bonds is 5. The van der Waals surface area contributed by atoms with E-state index in [4.69, 9.17) is 9.47 Å². The van der Waals surface area contributed by atoms with E-state index < -0.39 is 10.0 Å². The Kier molecular flexibility index (Phi) is 4.91. The molecule has 0 spiro atoms. The summed E-state index contributed by atoms with van der Waals surface area (Å²) in [6.07, 6.45) is 0. The van der Waals surface area contributed by atoms with Crippen LogP contribution in [0.2, 0.25) is 0 Å². The lowest BCUT2D eigenvalue weighted by Gasteiger charge is -2.19. The molecule has 3 aromatic carbocycles. The third-order valence-corrected chi connectivity index (χ3v) is 7.25. The molecule has 158 valence electrons. The lowest BCUT2D eigenvalue weighted by molar-refractivity contribution is 0.171. The largest absolute Gasteiger partial charge is 0.486 e. The Morgan fingerprint density at radius 2 is 1.71 bits per heavy atom. The molecule has 0 amide bonds. The summed E-state index contributed by atoms with van der Waals surface area (Å²) in [4.78, 5) is 12.5. The molecule has 9 heteroatoms. The number of nitrogens with one attached hydrogen (secondary N) is 1. The monoisotopic (exact) mass is 454 g/mol. The van der Waals surface area contributed by atoms with Gasteiger partial charge >= 0.3 is 4.87 Å². The van der Waals surface area contributed by atoms with E-state index >= 15 is 0 Å². The first-order valence-electron chi connectivity index (χ1n) is 9.59. The van der Waals surface area contributed by atoms with E-state index in [1.165, 1.54) is 12.1 Å². The number of fused-ring (bicyclic) bond motifs is 2. The fraction of sp³-hybridized carbons (Fsp3) is 0.136. The smallest absolute Gasteiger partial charge is 0.308 e. The summed E-state index contributed by atoms with van der Waals surface area (Å²) in [5, 5.41) is 0. The van der Waals surface area contributed by atoms with Crippen molar-refractivity contribution in [3.05, 3.63) is 82.0 Å². The van der Waals surface area contributed by atoms with E-state index in [1.54, 1.807) is 28.8 Å². The van der Waals surface area contributed by atoms with Crippen LogP contribution < -0.4 is 19.1 Å². The minimum atomic E-state index is -3.84. The fourth-order valence-electron chi connectivity index (χ4n) is 3.45. The van der Waals surface area contributed by atoms with Gasteiger partial charge in [0.1, 0.15) is 13.2 Å². The standard InChI is InChI=1S/C22H18N2O5S2/c25-22-24(14-15-4-2-1-3-5-15)18-8-7-17(13-21(18)30-22)31(26,27)23-16-6-9-19-20(12-16)29-11-10-28-19/h1-9,12-13,23H,10-11,14H2. The van der Waals surface area contributed by atoms with Gasteiger partial charge in [0.25, 0.3) is 10.0 Å². The minimum absolute atomic E-state index is 0.0861. The molecule has 0 saturated carbocycles. The van der Waals surface area contributed by atoms with E-state index in [2.05, 4.69) is 4.72 Å². The highest BCUT2D eigenvalue weighted by atomic mass is 32.2. The molecule has 0 aliphatic carbocycles. The lowest BCUT2D eigenvalue weighted by Crippen LogP contribution is -2.16. The van der Waals surface area contributed by atoms with Crippen LogP contribution in [0.25, 0.3) is 10.2 Å². The molecular formula is C22H18N2O5S2. The first-order valence-corrected chi connectivity index (χ1v) is 11.9. The van der Waals surface area contributed by atoms with Crippen LogP contribution in [-0.4, -0.2) is 26.2 Å². The third-order valence-electron chi connectivity index (χ3n) is 4.93. The molecule has 5 rings (SSSR count). The lowest BCUT2D eigenvalue weighted by atomic mass is 10.2. The molecule has 7 nitrogen and oxygen atoms in total. The summed E-state index contributed by atoms with van der Waals surface area (Å²) in [7, 11) is -3.84. The van der Waals surface area contributed by atoms with Crippen molar-refractivity contribution in [2.24, 2.45) is 0 Å². The van der Waals surface area contributed by atoms with Crippen LogP contribution in [0.1, 0.15) is 5.56 Å². The number of ether oxygens (including phenoxy) is 2. The number of sulfonamides is 1. The number of anilines is 1. The maximum absolute atomic E-state index is 12.9. The number of hydrogen-bond donors (Lipinski definition) is 1. The molecule has 2 heterocycles. The molecule has 0 radical (unpaired) electrons. The second kappa shape index (κ2) is 7.75. The number of benzene rings is 3. The molecule has 1 N–H and O–H groups in total. The van der Waals surface area contributed by atoms with Crippen molar-refractivity contribution in [1.82, 2.24) is 4.57 Å². The van der Waals surface area contributed by atoms with Gasteiger partial charge < -0.3 is 9.47 Å². The predicted molar refractivity (Wildman–Crippen MR) is 120 cm³/mol. The topological polar surface area (TPSA) is 86.6 Å². The van der Waals surface area contributed by atoms with Crippen molar-refractivity contribution in [3.63, 3.8) is 0 Å². The van der Waals surface area contributed by atoms with Crippen LogP contribution >= 0.6 is 11.3 Å². The quantitative estimate of drug-likeness (QED) is 0.497. The molecule has 0 unspecified atom stereocenters. The van der Waals surface area contributed by atoms with Gasteiger partial charge in [0.2, 0.25) is 0 Å². The van der Waals surface area contributed by atoms with E-state index in [-0.39, 0.29) is 9.77 Å². The normalized spacial score (nSPS) is 13.3. The van der Waals surface area contributed by atoms with Crippen LogP contribution in [0.3, 0.4) is 0 Å². The molecule has 1 aromatic heterocycles. The zero-order chi connectivity index (χ0) is 21.4. The molecule has 1 aliphatic heterocycles. The van der Waals surface area contributed by atoms with Gasteiger partial charge in [-0.1, -0.05) is 41.7 Å². The number of nitrogens with zero attached hydrogens (tertiary/aromatic N) is 1. The summed E-state index contributed by atoms with van der Waals surface area (Å²) in [6.45, 7) is 1.31. The molecule has 0 bridgehead atoms. The highest BCUT2D eigenvalue weighted by Gasteiger charge is 2.19. The Morgan fingerprint density at radius 3 is 2.52 bits per heavy atom. The average molecular weight is 455 g/mol. The molecular weight excluding hydrogens is 436 g/mol. The van der Waals surface area contributed by atoms with Gasteiger partial charge in [0.15, 0.2) is 11.5 Å². The average Bonchev–Trinajstić information content (AvgIpc) is 3.08. The molecule has 0 fully saturated rings. The summed E-state index contributed by atoms with van der Waals surface area (Å²) in [5.41, 5.74) is 2.08. The third kappa shape index (κ3) is 3.89. The summed E-state index contributed by atoms with van der Waals surface area (Å²) < 4.78 is 41.7. The van der Waals surface area contributed by atoms with Gasteiger partial charge in [-0.3, -0.25) is 14.1 Å². The van der Waals surface area contributed by atoms with Crippen molar-refractivity contribution in [2.45, 2.75) is 11.4 Å². The number of thiazole rings is 1. The molecule has 4 aromatic rings. The van der Waals surface area contributed by atoms with Gasteiger partial charge in [-0.2, -0.15) is 0 Å². The molecule has 0 saturated heterocycles.